The number of thiophene rings is 1. The molecule has 2 atom stereocenters. The Labute approximate surface area is 124 Å². The Morgan fingerprint density at radius 2 is 2.20 bits per heavy atom. The molecule has 2 aromatic heterocycles. The summed E-state index contributed by atoms with van der Waals surface area (Å²) in [5.41, 5.74) is 7.31. The van der Waals surface area contributed by atoms with Crippen molar-refractivity contribution in [2.24, 2.45) is 11.7 Å². The second kappa shape index (κ2) is 5.30. The van der Waals surface area contributed by atoms with E-state index in [0.717, 1.165) is 29.5 Å². The summed E-state index contributed by atoms with van der Waals surface area (Å²) in [7, 11) is 0. The maximum atomic E-state index is 6.00. The van der Waals surface area contributed by atoms with Crippen LogP contribution in [0.1, 0.15) is 30.2 Å². The molecule has 0 aromatic carbocycles. The van der Waals surface area contributed by atoms with Crippen LogP contribution in [0.2, 0.25) is 0 Å². The molecule has 108 valence electrons. The third-order valence-electron chi connectivity index (χ3n) is 4.47. The molecule has 0 saturated carbocycles. The van der Waals surface area contributed by atoms with E-state index in [4.69, 9.17) is 5.73 Å². The van der Waals surface area contributed by atoms with Gasteiger partial charge in [-0.1, -0.05) is 6.92 Å². The predicted octanol–water partition coefficient (Wildman–Crippen LogP) is 2.87. The molecule has 2 N–H and O–H groups in total. The highest BCUT2D eigenvalue weighted by molar-refractivity contribution is 7.18. The van der Waals surface area contributed by atoms with E-state index in [0.29, 0.717) is 12.6 Å². The van der Waals surface area contributed by atoms with Gasteiger partial charge in [-0.3, -0.25) is 0 Å². The molecule has 2 aromatic rings. The van der Waals surface area contributed by atoms with E-state index in [2.05, 4.69) is 35.6 Å². The average Bonchev–Trinajstić information content (AvgIpc) is 2.74. The standard InChI is InChI=1S/C15H22N4S/c1-9-4-5-19(12(6-9)7-16)14-13-10(2)11(3)20-15(13)18-8-17-14/h8-9,12H,4-7,16H2,1-3H3. The van der Waals surface area contributed by atoms with E-state index in [-0.39, 0.29) is 0 Å². The van der Waals surface area contributed by atoms with Crippen LogP contribution in [-0.4, -0.2) is 29.1 Å². The summed E-state index contributed by atoms with van der Waals surface area (Å²) in [6.07, 6.45) is 4.06. The number of piperidine rings is 1. The topological polar surface area (TPSA) is 55.0 Å². The third kappa shape index (κ3) is 2.19. The van der Waals surface area contributed by atoms with Gasteiger partial charge in [0, 0.05) is 24.0 Å². The fourth-order valence-corrected chi connectivity index (χ4v) is 4.13. The number of anilines is 1. The number of fused-ring (bicyclic) bond motifs is 1. The van der Waals surface area contributed by atoms with Crippen LogP contribution in [0.25, 0.3) is 10.2 Å². The molecule has 0 amide bonds. The first kappa shape index (κ1) is 13.8. The van der Waals surface area contributed by atoms with Crippen LogP contribution >= 0.6 is 11.3 Å². The van der Waals surface area contributed by atoms with Gasteiger partial charge in [0.15, 0.2) is 0 Å². The minimum atomic E-state index is 0.399. The highest BCUT2D eigenvalue weighted by Gasteiger charge is 2.28. The minimum absolute atomic E-state index is 0.399. The van der Waals surface area contributed by atoms with Crippen molar-refractivity contribution in [2.45, 2.75) is 39.7 Å². The molecule has 0 aliphatic carbocycles. The SMILES string of the molecule is Cc1sc2ncnc(N3CCC(C)CC3CN)c2c1C. The molecule has 3 rings (SSSR count). The van der Waals surface area contributed by atoms with Gasteiger partial charge < -0.3 is 10.6 Å². The largest absolute Gasteiger partial charge is 0.352 e. The van der Waals surface area contributed by atoms with Crippen molar-refractivity contribution in [2.75, 3.05) is 18.0 Å². The van der Waals surface area contributed by atoms with Crippen LogP contribution in [0.15, 0.2) is 6.33 Å². The van der Waals surface area contributed by atoms with Crippen molar-refractivity contribution in [3.63, 3.8) is 0 Å². The monoisotopic (exact) mass is 290 g/mol. The van der Waals surface area contributed by atoms with Crippen LogP contribution < -0.4 is 10.6 Å². The molecule has 1 aliphatic heterocycles. The first-order valence-corrected chi connectivity index (χ1v) is 8.10. The van der Waals surface area contributed by atoms with Gasteiger partial charge in [-0.25, -0.2) is 9.97 Å². The molecule has 4 nitrogen and oxygen atoms in total. The fourth-order valence-electron chi connectivity index (χ4n) is 3.14. The summed E-state index contributed by atoms with van der Waals surface area (Å²) in [4.78, 5) is 13.9. The Morgan fingerprint density at radius 3 is 2.95 bits per heavy atom. The second-order valence-electron chi connectivity index (χ2n) is 5.87. The molecular formula is C15H22N4S. The number of aryl methyl sites for hydroxylation is 2. The highest BCUT2D eigenvalue weighted by atomic mass is 32.1. The number of rotatable bonds is 2. The molecule has 3 heterocycles. The van der Waals surface area contributed by atoms with E-state index in [1.807, 2.05) is 0 Å². The van der Waals surface area contributed by atoms with Gasteiger partial charge in [0.05, 0.1) is 5.39 Å². The lowest BCUT2D eigenvalue weighted by Gasteiger charge is -2.39. The van der Waals surface area contributed by atoms with Gasteiger partial charge in [-0.05, 0) is 38.2 Å². The molecule has 0 radical (unpaired) electrons. The molecule has 1 aliphatic rings. The van der Waals surface area contributed by atoms with Crippen LogP contribution in [0.3, 0.4) is 0 Å². The number of hydrogen-bond acceptors (Lipinski definition) is 5. The quantitative estimate of drug-likeness (QED) is 0.924. The van der Waals surface area contributed by atoms with Crippen molar-refractivity contribution in [3.05, 3.63) is 16.8 Å². The van der Waals surface area contributed by atoms with Gasteiger partial charge >= 0.3 is 0 Å². The van der Waals surface area contributed by atoms with E-state index in [1.54, 1.807) is 17.7 Å². The Morgan fingerprint density at radius 1 is 1.40 bits per heavy atom. The van der Waals surface area contributed by atoms with Gasteiger partial charge in [0.25, 0.3) is 0 Å². The van der Waals surface area contributed by atoms with Crippen molar-refractivity contribution in [3.8, 4) is 0 Å². The maximum Gasteiger partial charge on any atom is 0.141 e. The molecule has 20 heavy (non-hydrogen) atoms. The summed E-state index contributed by atoms with van der Waals surface area (Å²) in [6.45, 7) is 8.38. The molecule has 2 unspecified atom stereocenters. The summed E-state index contributed by atoms with van der Waals surface area (Å²) in [5, 5.41) is 1.23. The number of nitrogens with zero attached hydrogens (tertiary/aromatic N) is 3. The van der Waals surface area contributed by atoms with E-state index < -0.39 is 0 Å². The summed E-state index contributed by atoms with van der Waals surface area (Å²) < 4.78 is 0. The molecule has 0 spiro atoms. The second-order valence-corrected chi connectivity index (χ2v) is 7.08. The van der Waals surface area contributed by atoms with E-state index in [9.17, 15) is 0 Å². The van der Waals surface area contributed by atoms with E-state index in [1.165, 1.54) is 22.2 Å². The van der Waals surface area contributed by atoms with Crippen LogP contribution in [0.4, 0.5) is 5.82 Å². The lowest BCUT2D eigenvalue weighted by Crippen LogP contribution is -2.46. The fraction of sp³-hybridized carbons (Fsp3) is 0.600. The maximum absolute atomic E-state index is 6.00. The van der Waals surface area contributed by atoms with Crippen LogP contribution in [0.5, 0.6) is 0 Å². The van der Waals surface area contributed by atoms with Crippen molar-refractivity contribution in [1.29, 1.82) is 0 Å². The van der Waals surface area contributed by atoms with Crippen LogP contribution in [-0.2, 0) is 0 Å². The zero-order valence-corrected chi connectivity index (χ0v) is 13.2. The lowest BCUT2D eigenvalue weighted by atomic mass is 9.92. The van der Waals surface area contributed by atoms with E-state index >= 15 is 0 Å². The molecule has 0 bridgehead atoms. The zero-order chi connectivity index (χ0) is 14.3. The highest BCUT2D eigenvalue weighted by Crippen LogP contribution is 2.36. The number of aromatic nitrogens is 2. The molecular weight excluding hydrogens is 268 g/mol. The summed E-state index contributed by atoms with van der Waals surface area (Å²) in [6, 6.07) is 0.399. The minimum Gasteiger partial charge on any atom is -0.352 e. The Kier molecular flexibility index (Phi) is 3.65. The predicted molar refractivity (Wildman–Crippen MR) is 85.5 cm³/mol. The van der Waals surface area contributed by atoms with Gasteiger partial charge in [-0.15, -0.1) is 11.3 Å². The molecule has 1 saturated heterocycles. The van der Waals surface area contributed by atoms with Crippen LogP contribution in [0, 0.1) is 19.8 Å². The molecule has 1 fully saturated rings. The Balaban J connectivity index is 2.09. The van der Waals surface area contributed by atoms with Crippen molar-refractivity contribution >= 4 is 27.4 Å². The van der Waals surface area contributed by atoms with Gasteiger partial charge in [0.1, 0.15) is 17.0 Å². The Hall–Kier alpha value is -1.20. The Bertz CT molecular complexity index is 622. The van der Waals surface area contributed by atoms with Crippen molar-refractivity contribution < 1.29 is 0 Å². The number of hydrogen-bond donors (Lipinski definition) is 1. The average molecular weight is 290 g/mol. The zero-order valence-electron chi connectivity index (χ0n) is 12.4. The van der Waals surface area contributed by atoms with Crippen molar-refractivity contribution in [1.82, 2.24) is 9.97 Å². The third-order valence-corrected chi connectivity index (χ3v) is 5.58. The van der Waals surface area contributed by atoms with Gasteiger partial charge in [-0.2, -0.15) is 0 Å². The smallest absolute Gasteiger partial charge is 0.141 e. The summed E-state index contributed by atoms with van der Waals surface area (Å²) in [5.74, 6) is 1.83. The molecule has 5 heteroatoms. The first-order chi connectivity index (χ1) is 9.61. The first-order valence-electron chi connectivity index (χ1n) is 7.29. The number of nitrogens with two attached hydrogens (primary N) is 1. The normalized spacial score (nSPS) is 23.5. The van der Waals surface area contributed by atoms with Gasteiger partial charge in [0.2, 0.25) is 0 Å². The lowest BCUT2D eigenvalue weighted by molar-refractivity contribution is 0.365. The summed E-state index contributed by atoms with van der Waals surface area (Å²) >= 11 is 1.76.